The smallest absolute Gasteiger partial charge is 0.0483 e. The Labute approximate surface area is 85.8 Å². The molecule has 14 heavy (non-hydrogen) atoms. The van der Waals surface area contributed by atoms with Crippen molar-refractivity contribution in [2.45, 2.75) is 37.3 Å². The van der Waals surface area contributed by atoms with Crippen LogP contribution in [-0.2, 0) is 4.74 Å². The second-order valence-corrected chi connectivity index (χ2v) is 4.95. The Hall–Kier alpha value is -0.120. The molecular formula is C11H20N2O. The van der Waals surface area contributed by atoms with Crippen molar-refractivity contribution in [1.29, 1.82) is 0 Å². The van der Waals surface area contributed by atoms with Crippen molar-refractivity contribution in [3.63, 3.8) is 0 Å². The van der Waals surface area contributed by atoms with E-state index in [9.17, 15) is 0 Å². The molecule has 0 aromatic carbocycles. The SMILES string of the molecule is C1CN(C2CNC2)C2(C1)CCOCC2. The minimum Gasteiger partial charge on any atom is -0.381 e. The van der Waals surface area contributed by atoms with Crippen LogP contribution >= 0.6 is 0 Å². The van der Waals surface area contributed by atoms with Gasteiger partial charge in [0.05, 0.1) is 0 Å². The van der Waals surface area contributed by atoms with Gasteiger partial charge in [-0.25, -0.2) is 0 Å². The molecule has 1 spiro atoms. The molecule has 0 aliphatic carbocycles. The zero-order chi connectivity index (χ0) is 9.43. The average Bonchev–Trinajstić information content (AvgIpc) is 2.49. The molecule has 0 aromatic rings. The summed E-state index contributed by atoms with van der Waals surface area (Å²) in [6, 6.07) is 0.829. The first kappa shape index (κ1) is 9.13. The third-order valence-corrected chi connectivity index (χ3v) is 4.27. The van der Waals surface area contributed by atoms with E-state index in [4.69, 9.17) is 4.74 Å². The van der Waals surface area contributed by atoms with Crippen LogP contribution in [0.2, 0.25) is 0 Å². The average molecular weight is 196 g/mol. The molecule has 0 saturated carbocycles. The van der Waals surface area contributed by atoms with Crippen LogP contribution in [0.25, 0.3) is 0 Å². The molecule has 0 atom stereocenters. The molecular weight excluding hydrogens is 176 g/mol. The predicted molar refractivity (Wildman–Crippen MR) is 55.4 cm³/mol. The van der Waals surface area contributed by atoms with Crippen molar-refractivity contribution in [2.75, 3.05) is 32.8 Å². The zero-order valence-corrected chi connectivity index (χ0v) is 8.80. The number of hydrogen-bond acceptors (Lipinski definition) is 3. The van der Waals surface area contributed by atoms with Gasteiger partial charge < -0.3 is 10.1 Å². The normalized spacial score (nSPS) is 33.4. The summed E-state index contributed by atoms with van der Waals surface area (Å²) < 4.78 is 5.49. The number of hydrogen-bond donors (Lipinski definition) is 1. The Kier molecular flexibility index (Phi) is 2.26. The van der Waals surface area contributed by atoms with Gasteiger partial charge in [0.25, 0.3) is 0 Å². The molecule has 0 bridgehead atoms. The Morgan fingerprint density at radius 1 is 1.14 bits per heavy atom. The van der Waals surface area contributed by atoms with E-state index >= 15 is 0 Å². The van der Waals surface area contributed by atoms with Crippen LogP contribution < -0.4 is 5.32 Å². The first-order valence-electron chi connectivity index (χ1n) is 5.96. The maximum Gasteiger partial charge on any atom is 0.0483 e. The first-order chi connectivity index (χ1) is 6.91. The molecule has 3 fully saturated rings. The molecule has 0 amide bonds. The number of likely N-dealkylation sites (tertiary alicyclic amines) is 1. The van der Waals surface area contributed by atoms with E-state index < -0.39 is 0 Å². The van der Waals surface area contributed by atoms with Gasteiger partial charge in [-0.15, -0.1) is 0 Å². The Balaban J connectivity index is 1.74. The topological polar surface area (TPSA) is 24.5 Å². The monoisotopic (exact) mass is 196 g/mol. The molecule has 3 aliphatic heterocycles. The number of nitrogens with one attached hydrogen (secondary N) is 1. The molecule has 80 valence electrons. The molecule has 1 N–H and O–H groups in total. The predicted octanol–water partition coefficient (Wildman–Crippen LogP) is 0.603. The van der Waals surface area contributed by atoms with Crippen LogP contribution in [0.15, 0.2) is 0 Å². The molecule has 0 aromatic heterocycles. The summed E-state index contributed by atoms with van der Waals surface area (Å²) in [5.41, 5.74) is 0.533. The van der Waals surface area contributed by atoms with Crippen LogP contribution in [0.5, 0.6) is 0 Å². The summed E-state index contributed by atoms with van der Waals surface area (Å²) in [4.78, 5) is 2.78. The molecule has 3 nitrogen and oxygen atoms in total. The summed E-state index contributed by atoms with van der Waals surface area (Å²) >= 11 is 0. The first-order valence-corrected chi connectivity index (χ1v) is 5.96. The lowest BCUT2D eigenvalue weighted by Crippen LogP contribution is -2.63. The van der Waals surface area contributed by atoms with E-state index in [-0.39, 0.29) is 0 Å². The van der Waals surface area contributed by atoms with Crippen LogP contribution in [0, 0.1) is 0 Å². The van der Waals surface area contributed by atoms with Gasteiger partial charge >= 0.3 is 0 Å². The van der Waals surface area contributed by atoms with Crippen LogP contribution in [-0.4, -0.2) is 49.3 Å². The molecule has 3 aliphatic rings. The van der Waals surface area contributed by atoms with E-state index in [0.717, 1.165) is 19.3 Å². The van der Waals surface area contributed by atoms with Crippen molar-refractivity contribution >= 4 is 0 Å². The van der Waals surface area contributed by atoms with Crippen molar-refractivity contribution < 1.29 is 4.74 Å². The van der Waals surface area contributed by atoms with Gasteiger partial charge in [0.15, 0.2) is 0 Å². The Morgan fingerprint density at radius 2 is 1.93 bits per heavy atom. The molecule has 3 heterocycles. The molecule has 0 radical (unpaired) electrons. The molecule has 3 saturated heterocycles. The van der Waals surface area contributed by atoms with E-state index in [1.54, 1.807) is 0 Å². The highest BCUT2D eigenvalue weighted by Crippen LogP contribution is 2.39. The van der Waals surface area contributed by atoms with E-state index in [1.807, 2.05) is 0 Å². The lowest BCUT2D eigenvalue weighted by molar-refractivity contribution is -0.0343. The fourth-order valence-corrected chi connectivity index (χ4v) is 3.31. The molecule has 3 heteroatoms. The van der Waals surface area contributed by atoms with Crippen molar-refractivity contribution in [2.24, 2.45) is 0 Å². The summed E-state index contributed by atoms with van der Waals surface area (Å²) in [7, 11) is 0. The van der Waals surface area contributed by atoms with Crippen LogP contribution in [0.3, 0.4) is 0 Å². The summed E-state index contributed by atoms with van der Waals surface area (Å²) in [5.74, 6) is 0. The molecule has 0 unspecified atom stereocenters. The van der Waals surface area contributed by atoms with Gasteiger partial charge in [0.2, 0.25) is 0 Å². The second-order valence-electron chi connectivity index (χ2n) is 4.95. The minimum absolute atomic E-state index is 0.533. The fraction of sp³-hybridized carbons (Fsp3) is 1.00. The number of nitrogens with zero attached hydrogens (tertiary/aromatic N) is 1. The highest BCUT2D eigenvalue weighted by molar-refractivity contribution is 5.02. The second kappa shape index (κ2) is 3.47. The minimum atomic E-state index is 0.533. The standard InChI is InChI=1S/C11H20N2O/c1-2-11(3-6-14-7-4-11)13(5-1)10-8-12-9-10/h10,12H,1-9H2. The highest BCUT2D eigenvalue weighted by Gasteiger charge is 2.45. The van der Waals surface area contributed by atoms with E-state index in [0.29, 0.717) is 5.54 Å². The van der Waals surface area contributed by atoms with Crippen LogP contribution in [0.4, 0.5) is 0 Å². The van der Waals surface area contributed by atoms with Gasteiger partial charge in [0, 0.05) is 37.9 Å². The summed E-state index contributed by atoms with van der Waals surface area (Å²) in [5, 5.41) is 3.39. The fourth-order valence-electron chi connectivity index (χ4n) is 3.31. The number of ether oxygens (including phenoxy) is 1. The Morgan fingerprint density at radius 3 is 2.57 bits per heavy atom. The van der Waals surface area contributed by atoms with Gasteiger partial charge in [0.1, 0.15) is 0 Å². The Bertz CT molecular complexity index is 209. The number of rotatable bonds is 1. The zero-order valence-electron chi connectivity index (χ0n) is 8.80. The van der Waals surface area contributed by atoms with Crippen molar-refractivity contribution in [1.82, 2.24) is 10.2 Å². The lowest BCUT2D eigenvalue weighted by atomic mass is 9.86. The van der Waals surface area contributed by atoms with Gasteiger partial charge in [-0.2, -0.15) is 0 Å². The third-order valence-electron chi connectivity index (χ3n) is 4.27. The van der Waals surface area contributed by atoms with E-state index in [1.165, 1.54) is 45.3 Å². The van der Waals surface area contributed by atoms with Crippen LogP contribution in [0.1, 0.15) is 25.7 Å². The van der Waals surface area contributed by atoms with Crippen molar-refractivity contribution in [3.05, 3.63) is 0 Å². The van der Waals surface area contributed by atoms with E-state index in [2.05, 4.69) is 10.2 Å². The molecule has 3 rings (SSSR count). The van der Waals surface area contributed by atoms with Gasteiger partial charge in [-0.1, -0.05) is 0 Å². The maximum absolute atomic E-state index is 5.49. The quantitative estimate of drug-likeness (QED) is 0.665. The highest BCUT2D eigenvalue weighted by atomic mass is 16.5. The largest absolute Gasteiger partial charge is 0.381 e. The van der Waals surface area contributed by atoms with Crippen molar-refractivity contribution in [3.8, 4) is 0 Å². The lowest BCUT2D eigenvalue weighted by Gasteiger charge is -2.48. The maximum atomic E-state index is 5.49. The third kappa shape index (κ3) is 1.30. The van der Waals surface area contributed by atoms with Gasteiger partial charge in [-0.05, 0) is 32.2 Å². The summed E-state index contributed by atoms with van der Waals surface area (Å²) in [6.45, 7) is 5.71. The van der Waals surface area contributed by atoms with Gasteiger partial charge in [-0.3, -0.25) is 4.90 Å². The summed E-state index contributed by atoms with van der Waals surface area (Å²) in [6.07, 6.45) is 5.34.